The number of nitrogens with two attached hydrogens (primary N) is 1. The Morgan fingerprint density at radius 2 is 1.85 bits per heavy atom. The van der Waals surface area contributed by atoms with Gasteiger partial charge in [0.25, 0.3) is 0 Å². The SMILES string of the molecule is CC1(c2ccc(C(F)(F)F)cc2)CN=C(N)N1C1CC1. The number of aliphatic imine (C=N–C) groups is 1. The fourth-order valence-electron chi connectivity index (χ4n) is 2.81. The van der Waals surface area contributed by atoms with Gasteiger partial charge in [-0.25, -0.2) is 0 Å². The molecule has 1 aliphatic carbocycles. The van der Waals surface area contributed by atoms with E-state index in [4.69, 9.17) is 5.73 Å². The minimum atomic E-state index is -4.30. The summed E-state index contributed by atoms with van der Waals surface area (Å²) in [7, 11) is 0. The lowest BCUT2D eigenvalue weighted by molar-refractivity contribution is -0.137. The van der Waals surface area contributed by atoms with Crippen molar-refractivity contribution in [1.82, 2.24) is 4.90 Å². The third-order valence-corrected chi connectivity index (χ3v) is 4.07. The van der Waals surface area contributed by atoms with Crippen molar-refractivity contribution < 1.29 is 13.2 Å². The van der Waals surface area contributed by atoms with Gasteiger partial charge >= 0.3 is 6.18 Å². The van der Waals surface area contributed by atoms with Gasteiger partial charge in [0, 0.05) is 6.04 Å². The molecule has 1 fully saturated rings. The zero-order chi connectivity index (χ0) is 14.5. The molecule has 1 saturated carbocycles. The Hall–Kier alpha value is -1.72. The van der Waals surface area contributed by atoms with Gasteiger partial charge in [-0.3, -0.25) is 4.99 Å². The second-order valence-electron chi connectivity index (χ2n) is 5.62. The van der Waals surface area contributed by atoms with Crippen LogP contribution in [0.5, 0.6) is 0 Å². The minimum Gasteiger partial charge on any atom is -0.370 e. The Balaban J connectivity index is 1.92. The first-order valence-corrected chi connectivity index (χ1v) is 6.59. The number of nitrogens with zero attached hydrogens (tertiary/aromatic N) is 2. The standard InChI is InChI=1S/C14H16F3N3/c1-13(8-19-12(18)20(13)11-6-7-11)9-2-4-10(5-3-9)14(15,16)17/h2-5,11H,6-8H2,1H3,(H2,18,19). The van der Waals surface area contributed by atoms with Crippen molar-refractivity contribution in [2.45, 2.75) is 37.5 Å². The third kappa shape index (κ3) is 2.03. The van der Waals surface area contributed by atoms with E-state index in [0.717, 1.165) is 30.5 Å². The lowest BCUT2D eigenvalue weighted by atomic mass is 9.90. The summed E-state index contributed by atoms with van der Waals surface area (Å²) in [5, 5.41) is 0. The first kappa shape index (κ1) is 13.3. The maximum atomic E-state index is 12.6. The van der Waals surface area contributed by atoms with Crippen molar-refractivity contribution in [2.75, 3.05) is 6.54 Å². The molecular weight excluding hydrogens is 267 g/mol. The van der Waals surface area contributed by atoms with Gasteiger partial charge in [0.05, 0.1) is 17.6 Å². The lowest BCUT2D eigenvalue weighted by Gasteiger charge is -2.37. The molecule has 2 aliphatic rings. The molecule has 2 N–H and O–H groups in total. The molecule has 0 amide bonds. The van der Waals surface area contributed by atoms with Gasteiger partial charge in [0.1, 0.15) is 0 Å². The molecule has 1 unspecified atom stereocenters. The fraction of sp³-hybridized carbons (Fsp3) is 0.500. The van der Waals surface area contributed by atoms with Crippen LogP contribution in [-0.2, 0) is 11.7 Å². The highest BCUT2D eigenvalue weighted by atomic mass is 19.4. The Bertz CT molecular complexity index is 546. The van der Waals surface area contributed by atoms with E-state index >= 15 is 0 Å². The molecule has 0 radical (unpaired) electrons. The Morgan fingerprint density at radius 1 is 1.25 bits per heavy atom. The smallest absolute Gasteiger partial charge is 0.370 e. The van der Waals surface area contributed by atoms with Crippen LogP contribution in [0.15, 0.2) is 29.3 Å². The molecule has 20 heavy (non-hydrogen) atoms. The number of alkyl halides is 3. The van der Waals surface area contributed by atoms with Crippen LogP contribution in [0, 0.1) is 0 Å². The normalized spacial score (nSPS) is 26.8. The fourth-order valence-corrected chi connectivity index (χ4v) is 2.81. The number of halogens is 3. The maximum Gasteiger partial charge on any atom is 0.416 e. The molecule has 3 rings (SSSR count). The quantitative estimate of drug-likeness (QED) is 0.906. The minimum absolute atomic E-state index is 0.369. The van der Waals surface area contributed by atoms with Gasteiger partial charge in [-0.05, 0) is 37.5 Å². The predicted octanol–water partition coefficient (Wildman–Crippen LogP) is 2.71. The van der Waals surface area contributed by atoms with Crippen molar-refractivity contribution in [2.24, 2.45) is 10.7 Å². The van der Waals surface area contributed by atoms with Crippen molar-refractivity contribution in [1.29, 1.82) is 0 Å². The lowest BCUT2D eigenvalue weighted by Crippen LogP contribution is -2.48. The number of guanidine groups is 1. The first-order valence-electron chi connectivity index (χ1n) is 6.59. The summed E-state index contributed by atoms with van der Waals surface area (Å²) in [5.74, 6) is 0.495. The van der Waals surface area contributed by atoms with Gasteiger partial charge in [-0.2, -0.15) is 13.2 Å². The average Bonchev–Trinajstić information content (AvgIpc) is 3.16. The Morgan fingerprint density at radius 3 is 2.35 bits per heavy atom. The highest BCUT2D eigenvalue weighted by Gasteiger charge is 2.47. The molecule has 6 heteroatoms. The maximum absolute atomic E-state index is 12.6. The molecule has 0 spiro atoms. The molecule has 1 aromatic carbocycles. The van der Waals surface area contributed by atoms with Crippen molar-refractivity contribution >= 4 is 5.96 Å². The van der Waals surface area contributed by atoms with E-state index in [-0.39, 0.29) is 0 Å². The van der Waals surface area contributed by atoms with E-state index < -0.39 is 17.3 Å². The topological polar surface area (TPSA) is 41.6 Å². The monoisotopic (exact) mass is 283 g/mol. The molecule has 0 aromatic heterocycles. The van der Waals surface area contributed by atoms with Crippen LogP contribution in [0.25, 0.3) is 0 Å². The average molecular weight is 283 g/mol. The van der Waals surface area contributed by atoms with E-state index in [1.807, 2.05) is 6.92 Å². The molecule has 108 valence electrons. The van der Waals surface area contributed by atoms with Crippen LogP contribution in [-0.4, -0.2) is 23.4 Å². The van der Waals surface area contributed by atoms with Crippen LogP contribution in [0.3, 0.4) is 0 Å². The van der Waals surface area contributed by atoms with Crippen LogP contribution < -0.4 is 5.73 Å². The number of rotatable bonds is 2. The van der Waals surface area contributed by atoms with Crippen LogP contribution >= 0.6 is 0 Å². The van der Waals surface area contributed by atoms with Crippen LogP contribution in [0.2, 0.25) is 0 Å². The van der Waals surface area contributed by atoms with E-state index in [0.29, 0.717) is 18.5 Å². The summed E-state index contributed by atoms with van der Waals surface area (Å²) in [4.78, 5) is 6.33. The van der Waals surface area contributed by atoms with E-state index in [9.17, 15) is 13.2 Å². The van der Waals surface area contributed by atoms with Gasteiger partial charge in [0.2, 0.25) is 0 Å². The Kier molecular flexibility index (Phi) is 2.74. The molecule has 0 saturated heterocycles. The highest BCUT2D eigenvalue weighted by Crippen LogP contribution is 2.41. The zero-order valence-corrected chi connectivity index (χ0v) is 11.1. The molecule has 0 bridgehead atoms. The van der Waals surface area contributed by atoms with E-state index in [1.165, 1.54) is 12.1 Å². The van der Waals surface area contributed by atoms with Gasteiger partial charge in [0.15, 0.2) is 5.96 Å². The van der Waals surface area contributed by atoms with Crippen molar-refractivity contribution in [3.63, 3.8) is 0 Å². The van der Waals surface area contributed by atoms with E-state index in [1.54, 1.807) is 0 Å². The Labute approximate surface area is 115 Å². The summed E-state index contributed by atoms with van der Waals surface area (Å²) in [6.07, 6.45) is -2.18. The first-order chi connectivity index (χ1) is 9.32. The summed E-state index contributed by atoms with van der Waals surface area (Å²) in [5.41, 5.74) is 5.68. The molecule has 1 aliphatic heterocycles. The number of hydrogen-bond donors (Lipinski definition) is 1. The van der Waals surface area contributed by atoms with Crippen LogP contribution in [0.1, 0.15) is 30.9 Å². The summed E-state index contributed by atoms with van der Waals surface area (Å²) >= 11 is 0. The van der Waals surface area contributed by atoms with Gasteiger partial charge in [-0.1, -0.05) is 12.1 Å². The summed E-state index contributed by atoms with van der Waals surface area (Å²) in [6, 6.07) is 5.69. The van der Waals surface area contributed by atoms with Gasteiger partial charge < -0.3 is 10.6 Å². The molecule has 1 heterocycles. The third-order valence-electron chi connectivity index (χ3n) is 4.07. The van der Waals surface area contributed by atoms with E-state index in [2.05, 4.69) is 9.89 Å². The second kappa shape index (κ2) is 4.14. The summed E-state index contributed by atoms with van der Waals surface area (Å²) in [6.45, 7) is 2.47. The van der Waals surface area contributed by atoms with Crippen molar-refractivity contribution in [3.8, 4) is 0 Å². The number of hydrogen-bond acceptors (Lipinski definition) is 3. The second-order valence-corrected chi connectivity index (χ2v) is 5.62. The van der Waals surface area contributed by atoms with Gasteiger partial charge in [-0.15, -0.1) is 0 Å². The van der Waals surface area contributed by atoms with Crippen LogP contribution in [0.4, 0.5) is 13.2 Å². The largest absolute Gasteiger partial charge is 0.416 e. The summed E-state index contributed by atoms with van der Waals surface area (Å²) < 4.78 is 37.8. The van der Waals surface area contributed by atoms with Crippen molar-refractivity contribution in [3.05, 3.63) is 35.4 Å². The molecular formula is C14H16F3N3. The number of benzene rings is 1. The zero-order valence-electron chi connectivity index (χ0n) is 11.1. The molecule has 1 aromatic rings. The molecule has 1 atom stereocenters. The molecule has 3 nitrogen and oxygen atoms in total. The highest BCUT2D eigenvalue weighted by molar-refractivity contribution is 5.82. The predicted molar refractivity (Wildman–Crippen MR) is 70.1 cm³/mol.